The Kier molecular flexibility index (Phi) is 3.98. The molecule has 3 aromatic rings. The van der Waals surface area contributed by atoms with Crippen molar-refractivity contribution in [3.8, 4) is 17.2 Å². The van der Waals surface area contributed by atoms with Gasteiger partial charge < -0.3 is 19.0 Å². The number of aryl methyl sites for hydroxylation is 2. The monoisotopic (exact) mass is 458 g/mol. The van der Waals surface area contributed by atoms with Crippen LogP contribution in [0.5, 0.6) is 17.2 Å². The van der Waals surface area contributed by atoms with E-state index in [-0.39, 0.29) is 12.0 Å². The number of rotatable bonds is 0. The van der Waals surface area contributed by atoms with Crippen molar-refractivity contribution in [3.63, 3.8) is 0 Å². The lowest BCUT2D eigenvalue weighted by atomic mass is 9.67. The van der Waals surface area contributed by atoms with Gasteiger partial charge in [-0.1, -0.05) is 13.8 Å². The molecule has 2 aromatic carbocycles. The zero-order valence-electron chi connectivity index (χ0n) is 21.1. The SMILES string of the molecule is Cc1c2c(c(O)c3c1[C@]1(C)Oc4c5c(c(C)c6c(C)coc46)[C@@H](C)CC[C@@H]5[C@H]1O3)CCC[C@@H]2C. The lowest BCUT2D eigenvalue weighted by Gasteiger charge is -2.46. The van der Waals surface area contributed by atoms with Gasteiger partial charge in [-0.25, -0.2) is 0 Å². The molecule has 4 aliphatic rings. The van der Waals surface area contributed by atoms with E-state index in [4.69, 9.17) is 13.9 Å². The molecule has 2 aliphatic carbocycles. The van der Waals surface area contributed by atoms with Crippen LogP contribution >= 0.6 is 0 Å². The summed E-state index contributed by atoms with van der Waals surface area (Å²) in [5, 5.41) is 12.7. The van der Waals surface area contributed by atoms with Crippen molar-refractivity contribution >= 4 is 11.0 Å². The van der Waals surface area contributed by atoms with Gasteiger partial charge in [0.2, 0.25) is 0 Å². The highest BCUT2D eigenvalue weighted by Gasteiger charge is 2.59. The molecule has 3 heterocycles. The van der Waals surface area contributed by atoms with Gasteiger partial charge in [-0.3, -0.25) is 0 Å². The molecule has 178 valence electrons. The van der Waals surface area contributed by atoms with Gasteiger partial charge in [0.15, 0.2) is 28.4 Å². The van der Waals surface area contributed by atoms with E-state index in [1.807, 2.05) is 6.26 Å². The average molecular weight is 459 g/mol. The first-order valence-electron chi connectivity index (χ1n) is 13.0. The van der Waals surface area contributed by atoms with Gasteiger partial charge in [-0.05, 0) is 99.5 Å². The second kappa shape index (κ2) is 6.53. The molecular formula is C30H34O4. The third-order valence-electron chi connectivity index (χ3n) is 9.62. The molecule has 4 heteroatoms. The summed E-state index contributed by atoms with van der Waals surface area (Å²) < 4.78 is 20.0. The summed E-state index contributed by atoms with van der Waals surface area (Å²) in [5.74, 6) is 3.04. The quantitative estimate of drug-likeness (QED) is 0.378. The van der Waals surface area contributed by atoms with Gasteiger partial charge in [0.25, 0.3) is 0 Å². The van der Waals surface area contributed by atoms with Crippen LogP contribution in [0, 0.1) is 20.8 Å². The normalized spacial score (nSPS) is 30.8. The fraction of sp³-hybridized carbons (Fsp3) is 0.533. The van der Waals surface area contributed by atoms with Crippen molar-refractivity contribution in [1.82, 2.24) is 0 Å². The van der Waals surface area contributed by atoms with E-state index >= 15 is 0 Å². The maximum atomic E-state index is 11.5. The number of ether oxygens (including phenoxy) is 2. The summed E-state index contributed by atoms with van der Waals surface area (Å²) >= 11 is 0. The minimum atomic E-state index is -0.665. The van der Waals surface area contributed by atoms with Crippen LogP contribution in [0.25, 0.3) is 11.0 Å². The van der Waals surface area contributed by atoms with E-state index < -0.39 is 5.60 Å². The average Bonchev–Trinajstić information content (AvgIpc) is 3.34. The first-order chi connectivity index (χ1) is 16.2. The molecule has 0 unspecified atom stereocenters. The van der Waals surface area contributed by atoms with E-state index in [0.717, 1.165) is 60.1 Å². The Bertz CT molecular complexity index is 1400. The van der Waals surface area contributed by atoms with Gasteiger partial charge >= 0.3 is 0 Å². The number of phenols is 1. The lowest BCUT2D eigenvalue weighted by molar-refractivity contribution is -0.0376. The molecule has 7 rings (SSSR count). The Morgan fingerprint density at radius 1 is 0.941 bits per heavy atom. The molecular weight excluding hydrogens is 424 g/mol. The molecule has 5 atom stereocenters. The predicted molar refractivity (Wildman–Crippen MR) is 133 cm³/mol. The number of hydrogen-bond acceptors (Lipinski definition) is 4. The molecule has 0 radical (unpaired) electrons. The minimum absolute atomic E-state index is 0.155. The second-order valence-corrected chi connectivity index (χ2v) is 11.6. The van der Waals surface area contributed by atoms with Crippen LogP contribution in [0.15, 0.2) is 10.7 Å². The number of aromatic hydroxyl groups is 1. The molecule has 0 bridgehead atoms. The lowest BCUT2D eigenvalue weighted by Crippen LogP contribution is -2.49. The Morgan fingerprint density at radius 2 is 1.71 bits per heavy atom. The smallest absolute Gasteiger partial charge is 0.176 e. The van der Waals surface area contributed by atoms with Crippen LogP contribution in [0.4, 0.5) is 0 Å². The number of furan rings is 1. The highest BCUT2D eigenvalue weighted by Crippen LogP contribution is 2.63. The second-order valence-electron chi connectivity index (χ2n) is 11.6. The molecule has 34 heavy (non-hydrogen) atoms. The van der Waals surface area contributed by atoms with Gasteiger partial charge in [-0.2, -0.15) is 0 Å². The summed E-state index contributed by atoms with van der Waals surface area (Å²) in [5.41, 5.74) is 10.1. The van der Waals surface area contributed by atoms with E-state index in [2.05, 4.69) is 41.5 Å². The predicted octanol–water partition coefficient (Wildman–Crippen LogP) is 7.55. The Balaban J connectivity index is 1.53. The molecule has 0 amide bonds. The van der Waals surface area contributed by atoms with Crippen LogP contribution < -0.4 is 9.47 Å². The molecule has 0 saturated heterocycles. The van der Waals surface area contributed by atoms with Crippen molar-refractivity contribution in [1.29, 1.82) is 0 Å². The van der Waals surface area contributed by atoms with Gasteiger partial charge in [0.1, 0.15) is 6.10 Å². The van der Waals surface area contributed by atoms with Crippen molar-refractivity contribution in [2.24, 2.45) is 0 Å². The Morgan fingerprint density at radius 3 is 2.50 bits per heavy atom. The summed E-state index contributed by atoms with van der Waals surface area (Å²) in [6, 6.07) is 0. The van der Waals surface area contributed by atoms with Gasteiger partial charge in [-0.15, -0.1) is 0 Å². The number of phenolic OH excluding ortho intramolecular Hbond substituents is 1. The Hall–Kier alpha value is -2.62. The van der Waals surface area contributed by atoms with E-state index in [1.54, 1.807) is 0 Å². The number of fused-ring (bicyclic) bond motifs is 7. The van der Waals surface area contributed by atoms with E-state index in [9.17, 15) is 5.11 Å². The molecule has 1 aromatic heterocycles. The summed E-state index contributed by atoms with van der Waals surface area (Å²) in [4.78, 5) is 0. The maximum Gasteiger partial charge on any atom is 0.176 e. The standard InChI is InChI=1S/C30H34O4/c1-13-8-7-9-18-20(13)17(5)24-28(25(18)31)33-29-19-11-10-14(2)21-16(4)22-15(3)12-32-26(22)27(23(19)21)34-30(24,29)6/h12-14,19,29,31H,7-11H2,1-6H3/t13-,14-,19-,29+,30-/m0/s1. The first-order valence-corrected chi connectivity index (χ1v) is 13.0. The first kappa shape index (κ1) is 20.7. The summed E-state index contributed by atoms with van der Waals surface area (Å²) in [6.45, 7) is 13.4. The zero-order valence-corrected chi connectivity index (χ0v) is 21.1. The highest BCUT2D eigenvalue weighted by molar-refractivity contribution is 5.93. The van der Waals surface area contributed by atoms with Crippen LogP contribution in [-0.4, -0.2) is 11.2 Å². The van der Waals surface area contributed by atoms with Crippen LogP contribution in [0.3, 0.4) is 0 Å². The number of hydrogen-bond donors (Lipinski definition) is 1. The largest absolute Gasteiger partial charge is 0.504 e. The summed E-state index contributed by atoms with van der Waals surface area (Å²) in [7, 11) is 0. The molecule has 4 nitrogen and oxygen atoms in total. The van der Waals surface area contributed by atoms with Crippen LogP contribution in [0.1, 0.15) is 109 Å². The third kappa shape index (κ3) is 2.26. The zero-order chi connectivity index (χ0) is 23.7. The fourth-order valence-corrected chi connectivity index (χ4v) is 8.23. The summed E-state index contributed by atoms with van der Waals surface area (Å²) in [6.07, 6.45) is 7.09. The molecule has 0 fully saturated rings. The van der Waals surface area contributed by atoms with Gasteiger partial charge in [0.05, 0.1) is 6.26 Å². The van der Waals surface area contributed by atoms with Crippen molar-refractivity contribution in [2.45, 2.75) is 103 Å². The Labute approximate surface area is 201 Å². The fourth-order valence-electron chi connectivity index (χ4n) is 8.23. The van der Waals surface area contributed by atoms with E-state index in [0.29, 0.717) is 23.3 Å². The van der Waals surface area contributed by atoms with Crippen molar-refractivity contribution in [3.05, 3.63) is 50.8 Å². The topological polar surface area (TPSA) is 51.8 Å². The van der Waals surface area contributed by atoms with Crippen LogP contribution in [0.2, 0.25) is 0 Å². The van der Waals surface area contributed by atoms with Gasteiger partial charge in [0, 0.05) is 28.0 Å². The van der Waals surface area contributed by atoms with Crippen LogP contribution in [-0.2, 0) is 12.0 Å². The number of benzene rings is 2. The maximum absolute atomic E-state index is 11.5. The van der Waals surface area contributed by atoms with E-state index in [1.165, 1.54) is 33.2 Å². The van der Waals surface area contributed by atoms with Crippen molar-refractivity contribution in [2.75, 3.05) is 0 Å². The molecule has 0 saturated carbocycles. The highest BCUT2D eigenvalue weighted by atomic mass is 16.6. The molecule has 0 spiro atoms. The molecule has 1 N–H and O–H groups in total. The van der Waals surface area contributed by atoms with Crippen molar-refractivity contribution < 1.29 is 19.0 Å². The molecule has 2 aliphatic heterocycles. The minimum Gasteiger partial charge on any atom is -0.504 e. The third-order valence-corrected chi connectivity index (χ3v) is 9.62.